The van der Waals surface area contributed by atoms with Gasteiger partial charge >= 0.3 is 0 Å². The van der Waals surface area contributed by atoms with Crippen LogP contribution in [0.4, 0.5) is 10.1 Å². The first kappa shape index (κ1) is 16.4. The molecular weight excluding hydrogens is 291 g/mol. The summed E-state index contributed by atoms with van der Waals surface area (Å²) in [5.41, 5.74) is 0.470. The molecule has 2 N–H and O–H groups in total. The topological polar surface area (TPSA) is 76.7 Å². The van der Waals surface area contributed by atoms with Crippen molar-refractivity contribution < 1.29 is 23.5 Å². The quantitative estimate of drug-likeness (QED) is 0.790. The minimum absolute atomic E-state index is 0.0747. The van der Waals surface area contributed by atoms with Crippen molar-refractivity contribution in [2.45, 2.75) is 18.9 Å². The first-order valence-corrected chi connectivity index (χ1v) is 7.15. The number of benzene rings is 1. The van der Waals surface area contributed by atoms with Crippen LogP contribution in [-0.4, -0.2) is 44.3 Å². The fourth-order valence-electron chi connectivity index (χ4n) is 2.05. The van der Waals surface area contributed by atoms with Gasteiger partial charge in [0.25, 0.3) is 0 Å². The number of nitrogens with one attached hydrogen (secondary N) is 2. The van der Waals surface area contributed by atoms with Crippen LogP contribution in [0.2, 0.25) is 0 Å². The zero-order valence-corrected chi connectivity index (χ0v) is 12.1. The van der Waals surface area contributed by atoms with Crippen LogP contribution >= 0.6 is 0 Å². The molecule has 0 aliphatic carbocycles. The molecule has 1 heterocycles. The predicted molar refractivity (Wildman–Crippen MR) is 77.8 cm³/mol. The molecule has 6 nitrogen and oxygen atoms in total. The van der Waals surface area contributed by atoms with Crippen molar-refractivity contribution in [1.82, 2.24) is 5.32 Å². The van der Waals surface area contributed by atoms with Crippen molar-refractivity contribution in [3.63, 3.8) is 0 Å². The summed E-state index contributed by atoms with van der Waals surface area (Å²) in [5.74, 6) is -1.07. The number of amides is 2. The van der Waals surface area contributed by atoms with Gasteiger partial charge in [0.1, 0.15) is 19.0 Å². The molecule has 0 aromatic heterocycles. The second-order valence-electron chi connectivity index (χ2n) is 4.99. The van der Waals surface area contributed by atoms with Crippen LogP contribution in [0.25, 0.3) is 0 Å². The average Bonchev–Trinajstić information content (AvgIpc) is 3.01. The van der Waals surface area contributed by atoms with Gasteiger partial charge in [-0.2, -0.15) is 0 Å². The Hall–Kier alpha value is -1.99. The first-order chi connectivity index (χ1) is 10.6. The number of ether oxygens (including phenoxy) is 2. The van der Waals surface area contributed by atoms with Gasteiger partial charge in [-0.3, -0.25) is 9.59 Å². The van der Waals surface area contributed by atoms with Gasteiger partial charge in [0.05, 0.1) is 6.10 Å². The summed E-state index contributed by atoms with van der Waals surface area (Å²) in [4.78, 5) is 23.1. The molecule has 1 aliphatic heterocycles. The second-order valence-corrected chi connectivity index (χ2v) is 4.99. The van der Waals surface area contributed by atoms with Crippen LogP contribution in [0.3, 0.4) is 0 Å². The van der Waals surface area contributed by atoms with Gasteiger partial charge in [-0.1, -0.05) is 0 Å². The Labute approximate surface area is 128 Å². The lowest BCUT2D eigenvalue weighted by atomic mass is 10.2. The molecule has 0 saturated carbocycles. The maximum Gasteiger partial charge on any atom is 0.250 e. The van der Waals surface area contributed by atoms with Gasteiger partial charge < -0.3 is 20.1 Å². The summed E-state index contributed by atoms with van der Waals surface area (Å²) in [6, 6.07) is 5.38. The molecule has 1 aromatic carbocycles. The first-order valence-electron chi connectivity index (χ1n) is 7.15. The van der Waals surface area contributed by atoms with E-state index in [1.807, 2.05) is 0 Å². The Morgan fingerprint density at radius 3 is 2.64 bits per heavy atom. The van der Waals surface area contributed by atoms with E-state index in [2.05, 4.69) is 10.6 Å². The maximum absolute atomic E-state index is 12.7. The van der Waals surface area contributed by atoms with E-state index >= 15 is 0 Å². The van der Waals surface area contributed by atoms with Crippen molar-refractivity contribution in [1.29, 1.82) is 0 Å². The molecular formula is C15H19FN2O4. The fourth-order valence-corrected chi connectivity index (χ4v) is 2.05. The highest BCUT2D eigenvalue weighted by atomic mass is 19.1. The summed E-state index contributed by atoms with van der Waals surface area (Å²) in [6.07, 6.45) is 2.03. The van der Waals surface area contributed by atoms with E-state index in [0.29, 0.717) is 12.2 Å². The van der Waals surface area contributed by atoms with Crippen LogP contribution in [-0.2, 0) is 19.1 Å². The third kappa shape index (κ3) is 5.79. The lowest BCUT2D eigenvalue weighted by Crippen LogP contribution is -2.35. The number of hydrogen-bond donors (Lipinski definition) is 2. The Morgan fingerprint density at radius 1 is 1.23 bits per heavy atom. The van der Waals surface area contributed by atoms with Gasteiger partial charge in [-0.05, 0) is 37.1 Å². The smallest absolute Gasteiger partial charge is 0.250 e. The van der Waals surface area contributed by atoms with Gasteiger partial charge in [0, 0.05) is 18.8 Å². The number of halogens is 1. The molecule has 2 amide bonds. The molecule has 0 bridgehead atoms. The van der Waals surface area contributed by atoms with Gasteiger partial charge in [0.15, 0.2) is 0 Å². The average molecular weight is 310 g/mol. The fraction of sp³-hybridized carbons (Fsp3) is 0.467. The third-order valence-electron chi connectivity index (χ3n) is 3.15. The zero-order valence-electron chi connectivity index (χ0n) is 12.1. The van der Waals surface area contributed by atoms with E-state index in [1.54, 1.807) is 0 Å². The molecule has 1 saturated heterocycles. The Bertz CT molecular complexity index is 501. The van der Waals surface area contributed by atoms with E-state index < -0.39 is 5.91 Å². The van der Waals surface area contributed by atoms with Crippen LogP contribution < -0.4 is 10.6 Å². The minimum Gasteiger partial charge on any atom is -0.376 e. The molecule has 1 unspecified atom stereocenters. The summed E-state index contributed by atoms with van der Waals surface area (Å²) >= 11 is 0. The van der Waals surface area contributed by atoms with Crippen molar-refractivity contribution in [3.05, 3.63) is 30.1 Å². The largest absolute Gasteiger partial charge is 0.376 e. The maximum atomic E-state index is 12.7. The zero-order chi connectivity index (χ0) is 15.8. The molecule has 1 atom stereocenters. The molecule has 7 heteroatoms. The third-order valence-corrected chi connectivity index (χ3v) is 3.15. The summed E-state index contributed by atoms with van der Waals surface area (Å²) in [5, 5.41) is 5.23. The standard InChI is InChI=1S/C15H19FN2O4/c16-11-3-5-12(6-4-11)18-15(20)10-21-9-14(19)17-8-13-2-1-7-22-13/h3-6,13H,1-2,7-10H2,(H,17,19)(H,18,20). The van der Waals surface area contributed by atoms with Crippen molar-refractivity contribution in [3.8, 4) is 0 Å². The lowest BCUT2D eigenvalue weighted by molar-refractivity contribution is -0.129. The van der Waals surface area contributed by atoms with Crippen LogP contribution in [0, 0.1) is 5.82 Å². The highest BCUT2D eigenvalue weighted by molar-refractivity contribution is 5.91. The van der Waals surface area contributed by atoms with Gasteiger partial charge in [-0.15, -0.1) is 0 Å². The van der Waals surface area contributed by atoms with Crippen LogP contribution in [0.1, 0.15) is 12.8 Å². The molecule has 120 valence electrons. The Kier molecular flexibility index (Phi) is 6.29. The summed E-state index contributed by atoms with van der Waals surface area (Å²) in [7, 11) is 0. The molecule has 0 spiro atoms. The van der Waals surface area contributed by atoms with Gasteiger partial charge in [-0.25, -0.2) is 4.39 Å². The van der Waals surface area contributed by atoms with Crippen LogP contribution in [0.5, 0.6) is 0 Å². The molecule has 0 radical (unpaired) electrons. The van der Waals surface area contributed by atoms with Crippen LogP contribution in [0.15, 0.2) is 24.3 Å². The van der Waals surface area contributed by atoms with Gasteiger partial charge in [0.2, 0.25) is 11.8 Å². The monoisotopic (exact) mass is 310 g/mol. The van der Waals surface area contributed by atoms with E-state index in [9.17, 15) is 14.0 Å². The molecule has 1 fully saturated rings. The Balaban J connectivity index is 1.57. The molecule has 22 heavy (non-hydrogen) atoms. The number of carbonyl (C=O) groups excluding carboxylic acids is 2. The number of hydrogen-bond acceptors (Lipinski definition) is 4. The second kappa shape index (κ2) is 8.45. The SMILES string of the molecule is O=C(COCC(=O)Nc1ccc(F)cc1)NCC1CCCO1. The lowest BCUT2D eigenvalue weighted by Gasteiger charge is -2.11. The predicted octanol–water partition coefficient (Wildman–Crippen LogP) is 1.08. The Morgan fingerprint density at radius 2 is 1.95 bits per heavy atom. The minimum atomic E-state index is -0.404. The van der Waals surface area contributed by atoms with E-state index in [4.69, 9.17) is 9.47 Å². The molecule has 2 rings (SSSR count). The summed E-state index contributed by atoms with van der Waals surface area (Å²) < 4.78 is 23.1. The van der Waals surface area contributed by atoms with Crippen molar-refractivity contribution in [2.75, 3.05) is 31.7 Å². The van der Waals surface area contributed by atoms with E-state index in [1.165, 1.54) is 24.3 Å². The highest BCUT2D eigenvalue weighted by Gasteiger charge is 2.16. The summed E-state index contributed by atoms with van der Waals surface area (Å²) in [6.45, 7) is 0.763. The molecule has 1 aliphatic rings. The van der Waals surface area contributed by atoms with E-state index in [0.717, 1.165) is 19.4 Å². The number of carbonyl (C=O) groups is 2. The van der Waals surface area contributed by atoms with Crippen molar-refractivity contribution in [2.24, 2.45) is 0 Å². The highest BCUT2D eigenvalue weighted by Crippen LogP contribution is 2.10. The number of rotatable bonds is 7. The number of anilines is 1. The normalized spacial score (nSPS) is 17.2. The molecule has 1 aromatic rings. The van der Waals surface area contributed by atoms with Crippen molar-refractivity contribution >= 4 is 17.5 Å². The van der Waals surface area contributed by atoms with E-state index in [-0.39, 0.29) is 31.0 Å².